The average molecular weight is 285 g/mol. The Morgan fingerprint density at radius 2 is 1.89 bits per heavy atom. The summed E-state index contributed by atoms with van der Waals surface area (Å²) in [5, 5.41) is 3.08. The standard InChI is InChI=1S/C13H23N3O2S/c1-5-14-8-9-15-19(17,18)12-7-6-11(2)13(10-12)16(3)4/h6-7,10,14-15H,5,8-9H2,1-4H3. The smallest absolute Gasteiger partial charge is 0.240 e. The molecule has 1 rings (SSSR count). The van der Waals surface area contributed by atoms with E-state index in [4.69, 9.17) is 0 Å². The first kappa shape index (κ1) is 15.9. The molecule has 1 aromatic rings. The molecule has 2 N–H and O–H groups in total. The van der Waals surface area contributed by atoms with Gasteiger partial charge in [-0.25, -0.2) is 13.1 Å². The Morgan fingerprint density at radius 3 is 2.47 bits per heavy atom. The number of benzene rings is 1. The van der Waals surface area contributed by atoms with E-state index in [9.17, 15) is 8.42 Å². The molecule has 0 bridgehead atoms. The molecule has 0 radical (unpaired) electrons. The minimum absolute atomic E-state index is 0.304. The maximum atomic E-state index is 12.1. The van der Waals surface area contributed by atoms with Crippen molar-refractivity contribution < 1.29 is 8.42 Å². The SMILES string of the molecule is CCNCCNS(=O)(=O)c1ccc(C)c(N(C)C)c1. The molecule has 6 heteroatoms. The van der Waals surface area contributed by atoms with E-state index in [-0.39, 0.29) is 0 Å². The molecular weight excluding hydrogens is 262 g/mol. The summed E-state index contributed by atoms with van der Waals surface area (Å²) < 4.78 is 26.8. The van der Waals surface area contributed by atoms with Gasteiger partial charge in [-0.05, 0) is 31.2 Å². The molecule has 0 heterocycles. The number of anilines is 1. The van der Waals surface area contributed by atoms with Crippen molar-refractivity contribution in [1.82, 2.24) is 10.0 Å². The Kier molecular flexibility index (Phi) is 5.78. The van der Waals surface area contributed by atoms with Crippen LogP contribution in [-0.4, -0.2) is 42.1 Å². The minimum Gasteiger partial charge on any atom is -0.377 e. The molecule has 0 fully saturated rings. The van der Waals surface area contributed by atoms with Crippen LogP contribution in [0.5, 0.6) is 0 Å². The topological polar surface area (TPSA) is 61.4 Å². The number of nitrogens with zero attached hydrogens (tertiary/aromatic N) is 1. The number of aryl methyl sites for hydroxylation is 1. The zero-order valence-corrected chi connectivity index (χ0v) is 12.8. The van der Waals surface area contributed by atoms with Gasteiger partial charge in [0.1, 0.15) is 0 Å². The molecule has 0 spiro atoms. The summed E-state index contributed by atoms with van der Waals surface area (Å²) in [6.07, 6.45) is 0. The van der Waals surface area contributed by atoms with Gasteiger partial charge in [0.05, 0.1) is 4.90 Å². The molecule has 0 aliphatic rings. The number of rotatable bonds is 7. The van der Waals surface area contributed by atoms with Gasteiger partial charge >= 0.3 is 0 Å². The van der Waals surface area contributed by atoms with E-state index in [0.717, 1.165) is 17.8 Å². The van der Waals surface area contributed by atoms with Crippen LogP contribution in [0.4, 0.5) is 5.69 Å². The third-order valence-corrected chi connectivity index (χ3v) is 4.28. The molecule has 0 aromatic heterocycles. The highest BCUT2D eigenvalue weighted by Gasteiger charge is 2.15. The third kappa shape index (κ3) is 4.49. The fourth-order valence-corrected chi connectivity index (χ4v) is 2.82. The van der Waals surface area contributed by atoms with Crippen molar-refractivity contribution in [3.8, 4) is 0 Å². The second-order valence-electron chi connectivity index (χ2n) is 4.59. The summed E-state index contributed by atoms with van der Waals surface area (Å²) in [7, 11) is 0.370. The second-order valence-corrected chi connectivity index (χ2v) is 6.36. The first-order valence-electron chi connectivity index (χ1n) is 6.37. The van der Waals surface area contributed by atoms with Crippen LogP contribution in [0.15, 0.2) is 23.1 Å². The van der Waals surface area contributed by atoms with Crippen LogP contribution in [0.3, 0.4) is 0 Å². The van der Waals surface area contributed by atoms with Gasteiger partial charge in [-0.2, -0.15) is 0 Å². The normalized spacial score (nSPS) is 11.6. The van der Waals surface area contributed by atoms with E-state index in [1.807, 2.05) is 38.9 Å². The van der Waals surface area contributed by atoms with Crippen LogP contribution >= 0.6 is 0 Å². The van der Waals surface area contributed by atoms with Crippen molar-refractivity contribution >= 4 is 15.7 Å². The van der Waals surface area contributed by atoms with E-state index < -0.39 is 10.0 Å². The van der Waals surface area contributed by atoms with Crippen molar-refractivity contribution in [3.05, 3.63) is 23.8 Å². The lowest BCUT2D eigenvalue weighted by Gasteiger charge is -2.17. The second kappa shape index (κ2) is 6.88. The molecule has 0 atom stereocenters. The molecule has 0 saturated heterocycles. The highest BCUT2D eigenvalue weighted by Crippen LogP contribution is 2.22. The van der Waals surface area contributed by atoms with Gasteiger partial charge in [0.25, 0.3) is 0 Å². The molecule has 5 nitrogen and oxygen atoms in total. The van der Waals surface area contributed by atoms with Crippen molar-refractivity contribution in [1.29, 1.82) is 0 Å². The zero-order chi connectivity index (χ0) is 14.5. The predicted molar refractivity (Wildman–Crippen MR) is 79.2 cm³/mol. The van der Waals surface area contributed by atoms with Crippen LogP contribution < -0.4 is 14.9 Å². The minimum atomic E-state index is -3.43. The summed E-state index contributed by atoms with van der Waals surface area (Å²) in [5.74, 6) is 0. The number of hydrogen-bond acceptors (Lipinski definition) is 4. The summed E-state index contributed by atoms with van der Waals surface area (Å²) in [6.45, 7) is 5.79. The maximum Gasteiger partial charge on any atom is 0.240 e. The highest BCUT2D eigenvalue weighted by atomic mass is 32.2. The van der Waals surface area contributed by atoms with E-state index >= 15 is 0 Å². The molecule has 1 aromatic carbocycles. The van der Waals surface area contributed by atoms with Gasteiger partial charge < -0.3 is 10.2 Å². The Bertz CT molecular complexity index is 513. The van der Waals surface area contributed by atoms with Gasteiger partial charge in [-0.15, -0.1) is 0 Å². The maximum absolute atomic E-state index is 12.1. The van der Waals surface area contributed by atoms with Crippen LogP contribution in [0.1, 0.15) is 12.5 Å². The lowest BCUT2D eigenvalue weighted by Crippen LogP contribution is -2.31. The quantitative estimate of drug-likeness (QED) is 0.732. The first-order chi connectivity index (χ1) is 8.88. The van der Waals surface area contributed by atoms with E-state index in [0.29, 0.717) is 18.0 Å². The number of hydrogen-bond donors (Lipinski definition) is 2. The summed E-state index contributed by atoms with van der Waals surface area (Å²) >= 11 is 0. The van der Waals surface area contributed by atoms with Crippen molar-refractivity contribution in [2.24, 2.45) is 0 Å². The zero-order valence-electron chi connectivity index (χ0n) is 12.0. The van der Waals surface area contributed by atoms with Crippen LogP contribution in [-0.2, 0) is 10.0 Å². The van der Waals surface area contributed by atoms with E-state index in [2.05, 4.69) is 10.0 Å². The number of likely N-dealkylation sites (N-methyl/N-ethyl adjacent to an activating group) is 1. The van der Waals surface area contributed by atoms with Crippen molar-refractivity contribution in [2.75, 3.05) is 38.6 Å². The van der Waals surface area contributed by atoms with Gasteiger partial charge in [-0.3, -0.25) is 0 Å². The van der Waals surface area contributed by atoms with Crippen LogP contribution in [0.25, 0.3) is 0 Å². The Balaban J connectivity index is 2.86. The van der Waals surface area contributed by atoms with Gasteiger partial charge in [0.15, 0.2) is 0 Å². The Morgan fingerprint density at radius 1 is 1.21 bits per heavy atom. The molecule has 0 amide bonds. The predicted octanol–water partition coefficient (Wildman–Crippen LogP) is 0.949. The Hall–Kier alpha value is -1.11. The molecule has 108 valence electrons. The molecular formula is C13H23N3O2S. The first-order valence-corrected chi connectivity index (χ1v) is 7.85. The summed E-state index contributed by atoms with van der Waals surface area (Å²) in [6, 6.07) is 5.16. The van der Waals surface area contributed by atoms with E-state index in [1.54, 1.807) is 12.1 Å². The van der Waals surface area contributed by atoms with Gasteiger partial charge in [0, 0.05) is 32.9 Å². The molecule has 0 saturated carbocycles. The Labute approximate surface area is 116 Å². The third-order valence-electron chi connectivity index (χ3n) is 2.82. The van der Waals surface area contributed by atoms with Crippen LogP contribution in [0.2, 0.25) is 0 Å². The van der Waals surface area contributed by atoms with Crippen molar-refractivity contribution in [2.45, 2.75) is 18.7 Å². The van der Waals surface area contributed by atoms with Crippen LogP contribution in [0, 0.1) is 6.92 Å². The fraction of sp³-hybridized carbons (Fsp3) is 0.538. The lowest BCUT2D eigenvalue weighted by atomic mass is 10.2. The van der Waals surface area contributed by atoms with Gasteiger partial charge in [-0.1, -0.05) is 13.0 Å². The highest BCUT2D eigenvalue weighted by molar-refractivity contribution is 7.89. The van der Waals surface area contributed by atoms with E-state index in [1.165, 1.54) is 0 Å². The van der Waals surface area contributed by atoms with Gasteiger partial charge in [0.2, 0.25) is 10.0 Å². The molecule has 0 aliphatic heterocycles. The molecule has 0 aliphatic carbocycles. The largest absolute Gasteiger partial charge is 0.377 e. The average Bonchev–Trinajstić information content (AvgIpc) is 2.34. The monoisotopic (exact) mass is 285 g/mol. The molecule has 0 unspecified atom stereocenters. The number of sulfonamides is 1. The summed E-state index contributed by atoms with van der Waals surface area (Å²) in [5.41, 5.74) is 1.96. The summed E-state index contributed by atoms with van der Waals surface area (Å²) in [4.78, 5) is 2.21. The number of nitrogens with one attached hydrogen (secondary N) is 2. The van der Waals surface area contributed by atoms with Crippen molar-refractivity contribution in [3.63, 3.8) is 0 Å². The molecule has 19 heavy (non-hydrogen) atoms. The lowest BCUT2D eigenvalue weighted by molar-refractivity contribution is 0.577. The fourth-order valence-electron chi connectivity index (χ4n) is 1.77.